The number of rotatable bonds is 3. The van der Waals surface area contributed by atoms with Gasteiger partial charge >= 0.3 is 6.18 Å². The van der Waals surface area contributed by atoms with Crippen LogP contribution in [0.1, 0.15) is 12.0 Å². The van der Waals surface area contributed by atoms with E-state index in [2.05, 4.69) is 26.2 Å². The van der Waals surface area contributed by atoms with Crippen molar-refractivity contribution in [2.75, 3.05) is 11.9 Å². The van der Waals surface area contributed by atoms with Crippen molar-refractivity contribution < 1.29 is 13.2 Å². The molecule has 1 aromatic rings. The molecule has 1 aromatic heterocycles. The van der Waals surface area contributed by atoms with Gasteiger partial charge in [0.15, 0.2) is 0 Å². The minimum Gasteiger partial charge on any atom is -0.370 e. The van der Waals surface area contributed by atoms with Gasteiger partial charge in [-0.3, -0.25) is 0 Å². The van der Waals surface area contributed by atoms with Gasteiger partial charge in [0.1, 0.15) is 5.82 Å². The summed E-state index contributed by atoms with van der Waals surface area (Å²) < 4.78 is 36.3. The number of hydrogen-bond donors (Lipinski definition) is 1. The molecule has 84 valence electrons. The molecular formula is C9H10BrF3N2. The van der Waals surface area contributed by atoms with E-state index < -0.39 is 12.6 Å². The minimum absolute atomic E-state index is 0.155. The number of halogens is 4. The Morgan fingerprint density at radius 1 is 1.47 bits per heavy atom. The van der Waals surface area contributed by atoms with Crippen LogP contribution in [0.2, 0.25) is 0 Å². The lowest BCUT2D eigenvalue weighted by atomic mass is 10.3. The molecule has 0 amide bonds. The maximum absolute atomic E-state index is 11.8. The number of aryl methyl sites for hydroxylation is 1. The molecular weight excluding hydrogens is 273 g/mol. The van der Waals surface area contributed by atoms with Crippen LogP contribution in [0.15, 0.2) is 16.7 Å². The van der Waals surface area contributed by atoms with Crippen molar-refractivity contribution >= 4 is 21.7 Å². The second-order valence-corrected chi connectivity index (χ2v) is 3.97. The van der Waals surface area contributed by atoms with E-state index in [0.717, 1.165) is 10.0 Å². The number of hydrogen-bond acceptors (Lipinski definition) is 2. The fourth-order valence-electron chi connectivity index (χ4n) is 0.968. The van der Waals surface area contributed by atoms with Crippen LogP contribution in [0.5, 0.6) is 0 Å². The highest BCUT2D eigenvalue weighted by Crippen LogP contribution is 2.20. The van der Waals surface area contributed by atoms with E-state index >= 15 is 0 Å². The van der Waals surface area contributed by atoms with Crippen molar-refractivity contribution in [3.63, 3.8) is 0 Å². The molecule has 0 unspecified atom stereocenters. The number of aromatic nitrogens is 1. The Bertz CT molecular complexity index is 339. The lowest BCUT2D eigenvalue weighted by Gasteiger charge is -2.08. The third kappa shape index (κ3) is 4.51. The molecule has 0 saturated heterocycles. The maximum Gasteiger partial charge on any atom is 0.390 e. The Labute approximate surface area is 94.0 Å². The van der Waals surface area contributed by atoms with Crippen LogP contribution in [0.25, 0.3) is 0 Å². The average molecular weight is 283 g/mol. The summed E-state index contributed by atoms with van der Waals surface area (Å²) in [5.41, 5.74) is 0.930. The summed E-state index contributed by atoms with van der Waals surface area (Å²) in [5, 5.41) is 2.62. The smallest absolute Gasteiger partial charge is 0.370 e. The Kier molecular flexibility index (Phi) is 3.96. The highest BCUT2D eigenvalue weighted by Gasteiger charge is 2.26. The van der Waals surface area contributed by atoms with Crippen LogP contribution in [-0.4, -0.2) is 17.7 Å². The Morgan fingerprint density at radius 3 is 2.67 bits per heavy atom. The molecule has 0 aromatic carbocycles. The van der Waals surface area contributed by atoms with E-state index in [1.165, 1.54) is 0 Å². The maximum atomic E-state index is 11.8. The second-order valence-electron chi connectivity index (χ2n) is 3.11. The first-order chi connectivity index (χ1) is 6.88. The summed E-state index contributed by atoms with van der Waals surface area (Å²) in [4.78, 5) is 3.93. The predicted molar refractivity (Wildman–Crippen MR) is 55.8 cm³/mol. The molecule has 0 aliphatic carbocycles. The normalized spacial score (nSPS) is 11.5. The van der Waals surface area contributed by atoms with Crippen LogP contribution >= 0.6 is 15.9 Å². The molecule has 0 bridgehead atoms. The van der Waals surface area contributed by atoms with E-state index in [4.69, 9.17) is 0 Å². The van der Waals surface area contributed by atoms with Gasteiger partial charge in [-0.2, -0.15) is 13.2 Å². The molecule has 0 fully saturated rings. The zero-order chi connectivity index (χ0) is 11.5. The van der Waals surface area contributed by atoms with E-state index in [9.17, 15) is 13.2 Å². The van der Waals surface area contributed by atoms with Crippen molar-refractivity contribution in [3.8, 4) is 0 Å². The zero-order valence-corrected chi connectivity index (χ0v) is 9.61. The molecule has 1 heterocycles. The number of nitrogens with one attached hydrogen (secondary N) is 1. The summed E-state index contributed by atoms with van der Waals surface area (Å²) in [7, 11) is 0. The number of alkyl halides is 3. The molecule has 0 atom stereocenters. The number of nitrogens with zero attached hydrogens (tertiary/aromatic N) is 1. The molecule has 0 saturated carbocycles. The lowest BCUT2D eigenvalue weighted by Crippen LogP contribution is -2.15. The Morgan fingerprint density at radius 2 is 2.13 bits per heavy atom. The quantitative estimate of drug-likeness (QED) is 0.918. The summed E-state index contributed by atoms with van der Waals surface area (Å²) in [5.74, 6) is 0.458. The summed E-state index contributed by atoms with van der Waals surface area (Å²) >= 11 is 3.26. The van der Waals surface area contributed by atoms with Gasteiger partial charge in [0.05, 0.1) is 6.42 Å². The molecule has 6 heteroatoms. The van der Waals surface area contributed by atoms with Crippen molar-refractivity contribution in [2.45, 2.75) is 19.5 Å². The first-order valence-corrected chi connectivity index (χ1v) is 5.10. The van der Waals surface area contributed by atoms with Gasteiger partial charge in [-0.15, -0.1) is 0 Å². The predicted octanol–water partition coefficient (Wildman–Crippen LogP) is 3.52. The van der Waals surface area contributed by atoms with Crippen LogP contribution in [0.3, 0.4) is 0 Å². The van der Waals surface area contributed by atoms with Gasteiger partial charge in [-0.05, 0) is 34.5 Å². The second kappa shape index (κ2) is 4.83. The SMILES string of the molecule is Cc1cc(NCCC(F)(F)F)ncc1Br. The van der Waals surface area contributed by atoms with Gasteiger partial charge in [-0.1, -0.05) is 0 Å². The first kappa shape index (κ1) is 12.3. The van der Waals surface area contributed by atoms with Crippen molar-refractivity contribution in [3.05, 3.63) is 22.3 Å². The van der Waals surface area contributed by atoms with Gasteiger partial charge < -0.3 is 5.32 Å². The van der Waals surface area contributed by atoms with Crippen LogP contribution < -0.4 is 5.32 Å². The topological polar surface area (TPSA) is 24.9 Å². The van der Waals surface area contributed by atoms with E-state index in [0.29, 0.717) is 5.82 Å². The molecule has 0 aliphatic heterocycles. The fourth-order valence-corrected chi connectivity index (χ4v) is 1.19. The monoisotopic (exact) mass is 282 g/mol. The molecule has 1 N–H and O–H groups in total. The van der Waals surface area contributed by atoms with Gasteiger partial charge in [0.25, 0.3) is 0 Å². The van der Waals surface area contributed by atoms with E-state index in [1.807, 2.05) is 6.92 Å². The zero-order valence-electron chi connectivity index (χ0n) is 8.03. The molecule has 0 radical (unpaired) electrons. The Balaban J connectivity index is 2.48. The van der Waals surface area contributed by atoms with E-state index in [1.54, 1.807) is 12.3 Å². The molecule has 15 heavy (non-hydrogen) atoms. The van der Waals surface area contributed by atoms with Crippen molar-refractivity contribution in [1.29, 1.82) is 0 Å². The van der Waals surface area contributed by atoms with Crippen LogP contribution in [-0.2, 0) is 0 Å². The van der Waals surface area contributed by atoms with Crippen molar-refractivity contribution in [2.24, 2.45) is 0 Å². The molecule has 0 spiro atoms. The fraction of sp³-hybridized carbons (Fsp3) is 0.444. The largest absolute Gasteiger partial charge is 0.390 e. The highest BCUT2D eigenvalue weighted by atomic mass is 79.9. The minimum atomic E-state index is -4.13. The molecule has 0 aliphatic rings. The van der Waals surface area contributed by atoms with Gasteiger partial charge in [0.2, 0.25) is 0 Å². The number of pyridine rings is 1. The van der Waals surface area contributed by atoms with Crippen LogP contribution in [0.4, 0.5) is 19.0 Å². The Hall–Kier alpha value is -0.780. The first-order valence-electron chi connectivity index (χ1n) is 4.31. The van der Waals surface area contributed by atoms with Crippen LogP contribution in [0, 0.1) is 6.92 Å². The third-order valence-corrected chi connectivity index (χ3v) is 2.59. The third-order valence-electron chi connectivity index (χ3n) is 1.76. The number of anilines is 1. The summed E-state index contributed by atoms with van der Waals surface area (Å²) in [6.45, 7) is 1.69. The van der Waals surface area contributed by atoms with E-state index in [-0.39, 0.29) is 6.54 Å². The summed E-state index contributed by atoms with van der Waals surface area (Å²) in [6.07, 6.45) is -3.42. The molecule has 2 nitrogen and oxygen atoms in total. The summed E-state index contributed by atoms with van der Waals surface area (Å²) in [6, 6.07) is 1.69. The van der Waals surface area contributed by atoms with Gasteiger partial charge in [-0.25, -0.2) is 4.98 Å². The standard InChI is InChI=1S/C9H10BrF3N2/c1-6-4-8(15-5-7(6)10)14-3-2-9(11,12)13/h4-5H,2-3H2,1H3,(H,14,15). The average Bonchev–Trinajstić information content (AvgIpc) is 2.09. The van der Waals surface area contributed by atoms with Gasteiger partial charge in [0, 0.05) is 17.2 Å². The lowest BCUT2D eigenvalue weighted by molar-refractivity contribution is -0.131. The van der Waals surface area contributed by atoms with Crippen molar-refractivity contribution in [1.82, 2.24) is 4.98 Å². The highest BCUT2D eigenvalue weighted by molar-refractivity contribution is 9.10. The molecule has 1 rings (SSSR count).